The second-order valence-corrected chi connectivity index (χ2v) is 5.47. The molecule has 0 radical (unpaired) electrons. The van der Waals surface area contributed by atoms with Crippen molar-refractivity contribution in [2.75, 3.05) is 0 Å². The van der Waals surface area contributed by atoms with Crippen LogP contribution >= 0.6 is 11.6 Å². The lowest BCUT2D eigenvalue weighted by Gasteiger charge is -2.01. The minimum absolute atomic E-state index is 0.155. The van der Waals surface area contributed by atoms with Gasteiger partial charge in [0.25, 0.3) is 0 Å². The van der Waals surface area contributed by atoms with Crippen LogP contribution < -0.4 is 0 Å². The Morgan fingerprint density at radius 2 is 1.24 bits per heavy atom. The number of ether oxygens (including phenoxy) is 2. The van der Waals surface area contributed by atoms with Gasteiger partial charge in [-0.2, -0.15) is 0 Å². The van der Waals surface area contributed by atoms with Crippen molar-refractivity contribution in [2.24, 2.45) is 0 Å². The minimum atomic E-state index is -0.329. The third-order valence-electron chi connectivity index (χ3n) is 2.95. The van der Waals surface area contributed by atoms with E-state index in [4.69, 9.17) is 11.6 Å². The molecule has 0 unspecified atom stereocenters. The predicted molar refractivity (Wildman–Crippen MR) is 106 cm³/mol. The van der Waals surface area contributed by atoms with E-state index in [-0.39, 0.29) is 11.9 Å². The highest BCUT2D eigenvalue weighted by atomic mass is 35.5. The van der Waals surface area contributed by atoms with Crippen molar-refractivity contribution >= 4 is 23.5 Å². The normalized spacial score (nSPS) is 8.60. The molecule has 0 aliphatic rings. The van der Waals surface area contributed by atoms with Crippen LogP contribution in [0.1, 0.15) is 78.1 Å². The van der Waals surface area contributed by atoms with Gasteiger partial charge >= 0.3 is 11.9 Å². The molecular weight excluding hydrogens is 340 g/mol. The van der Waals surface area contributed by atoms with Crippen LogP contribution in [0.15, 0.2) is 37.8 Å². The number of hydrogen-bond donors (Lipinski definition) is 0. The summed E-state index contributed by atoms with van der Waals surface area (Å²) in [6, 6.07) is 0. The lowest BCUT2D eigenvalue weighted by atomic mass is 10.1. The third kappa shape index (κ3) is 39.3. The molecule has 0 bridgehead atoms. The van der Waals surface area contributed by atoms with Crippen LogP contribution in [0.25, 0.3) is 0 Å². The Kier molecular flexibility index (Phi) is 30.9. The monoisotopic (exact) mass is 374 g/mol. The summed E-state index contributed by atoms with van der Waals surface area (Å²) in [5, 5.41) is 0. The Hall–Kier alpha value is -1.55. The molecule has 0 aromatic rings. The highest BCUT2D eigenvalue weighted by Gasteiger charge is 1.99. The molecule has 146 valence electrons. The summed E-state index contributed by atoms with van der Waals surface area (Å²) in [4.78, 5) is 20.7. The molecule has 0 spiro atoms. The zero-order chi connectivity index (χ0) is 19.8. The van der Waals surface area contributed by atoms with Gasteiger partial charge < -0.3 is 9.47 Å². The maximum atomic E-state index is 11.0. The summed E-state index contributed by atoms with van der Waals surface area (Å²) >= 11 is 4.76. The van der Waals surface area contributed by atoms with Crippen LogP contribution in [0.3, 0.4) is 0 Å². The highest BCUT2D eigenvalue weighted by molar-refractivity contribution is 6.25. The van der Waals surface area contributed by atoms with Crippen LogP contribution in [0.5, 0.6) is 0 Å². The number of unbranched alkanes of at least 4 members (excludes halogenated alkanes) is 8. The predicted octanol–water partition coefficient (Wildman–Crippen LogP) is 6.66. The van der Waals surface area contributed by atoms with Crippen molar-refractivity contribution in [3.05, 3.63) is 37.8 Å². The summed E-state index contributed by atoms with van der Waals surface area (Å²) in [7, 11) is 0. The molecule has 0 atom stereocenters. The third-order valence-corrected chi connectivity index (χ3v) is 2.95. The van der Waals surface area contributed by atoms with Crippen molar-refractivity contribution in [3.8, 4) is 0 Å². The fraction of sp³-hybridized carbons (Fsp3) is 0.600. The fourth-order valence-electron chi connectivity index (χ4n) is 1.85. The lowest BCUT2D eigenvalue weighted by Crippen LogP contribution is -1.98. The molecule has 0 N–H and O–H groups in total. The first-order chi connectivity index (χ1) is 12.0. The van der Waals surface area contributed by atoms with Gasteiger partial charge in [-0.05, 0) is 12.0 Å². The van der Waals surface area contributed by atoms with Crippen molar-refractivity contribution in [3.63, 3.8) is 0 Å². The van der Waals surface area contributed by atoms with E-state index in [0.29, 0.717) is 6.42 Å². The largest absolute Gasteiger partial charge is 0.435 e. The molecule has 0 aromatic carbocycles. The highest BCUT2D eigenvalue weighted by Crippen LogP contribution is 2.10. The van der Waals surface area contributed by atoms with Crippen molar-refractivity contribution < 1.29 is 19.1 Å². The van der Waals surface area contributed by atoms with Crippen molar-refractivity contribution in [2.45, 2.75) is 78.1 Å². The quantitative estimate of drug-likeness (QED) is 0.218. The van der Waals surface area contributed by atoms with Gasteiger partial charge in [-0.25, -0.2) is 0 Å². The van der Waals surface area contributed by atoms with Crippen LogP contribution in [-0.4, -0.2) is 11.9 Å². The van der Waals surface area contributed by atoms with Gasteiger partial charge in [0, 0.05) is 13.3 Å². The first-order valence-electron chi connectivity index (χ1n) is 8.79. The van der Waals surface area contributed by atoms with Crippen molar-refractivity contribution in [1.82, 2.24) is 0 Å². The summed E-state index contributed by atoms with van der Waals surface area (Å²) in [6.45, 7) is 13.2. The van der Waals surface area contributed by atoms with E-state index in [2.05, 4.69) is 36.1 Å². The molecule has 0 amide bonds. The van der Waals surface area contributed by atoms with Crippen molar-refractivity contribution in [1.29, 1.82) is 0 Å². The number of esters is 2. The van der Waals surface area contributed by atoms with Gasteiger partial charge in [-0.3, -0.25) is 9.59 Å². The summed E-state index contributed by atoms with van der Waals surface area (Å²) in [5.41, 5.74) is 1.22. The molecule has 4 nitrogen and oxygen atoms in total. The summed E-state index contributed by atoms with van der Waals surface area (Å²) < 4.78 is 8.81. The molecule has 5 heteroatoms. The first-order valence-corrected chi connectivity index (χ1v) is 9.23. The Balaban J connectivity index is -0.000000445. The molecule has 0 aromatic heterocycles. The van der Waals surface area contributed by atoms with E-state index in [1.807, 2.05) is 0 Å². The zero-order valence-electron chi connectivity index (χ0n) is 15.9. The Labute approximate surface area is 158 Å². The van der Waals surface area contributed by atoms with E-state index in [1.165, 1.54) is 63.7 Å². The summed E-state index contributed by atoms with van der Waals surface area (Å²) in [6.07, 6.45) is 14.2. The van der Waals surface area contributed by atoms with E-state index in [0.717, 1.165) is 19.1 Å². The lowest BCUT2D eigenvalue weighted by molar-refractivity contribution is -0.138. The number of carbonyl (C=O) groups excluding carboxylic acids is 2. The van der Waals surface area contributed by atoms with Crippen LogP contribution in [-0.2, 0) is 19.1 Å². The van der Waals surface area contributed by atoms with Gasteiger partial charge in [-0.1, -0.05) is 89.6 Å². The molecule has 0 heterocycles. The standard InChI is InChI=1S/C14H26O2.C4H6O2.C2H3Cl/c1-3-5-6-7-8-9-10-11-12-13-14(15)16-4-2;1-3-6-4(2)5;1-2-3/h4H,2-3,5-13H2,1H3;3H,1H2,2H3;2H,1H2. The van der Waals surface area contributed by atoms with E-state index >= 15 is 0 Å². The molecule has 0 aliphatic carbocycles. The number of hydrogen-bond acceptors (Lipinski definition) is 4. The SMILES string of the molecule is C=CCl.C=COC(=O)CCCCCCCCCCC.C=COC(C)=O. The molecule has 0 fully saturated rings. The van der Waals surface area contributed by atoms with Gasteiger partial charge in [-0.15, -0.1) is 0 Å². The average Bonchev–Trinajstić information content (AvgIpc) is 2.55. The second kappa shape index (κ2) is 27.3. The van der Waals surface area contributed by atoms with Crippen LogP contribution in [0.2, 0.25) is 0 Å². The summed E-state index contributed by atoms with van der Waals surface area (Å²) in [5.74, 6) is -0.483. The van der Waals surface area contributed by atoms with Gasteiger partial charge in [0.15, 0.2) is 0 Å². The van der Waals surface area contributed by atoms with E-state index in [9.17, 15) is 9.59 Å². The molecule has 0 saturated carbocycles. The van der Waals surface area contributed by atoms with Gasteiger partial charge in [0.05, 0.1) is 12.5 Å². The Bertz CT molecular complexity index is 341. The minimum Gasteiger partial charge on any atom is -0.435 e. The second-order valence-electron chi connectivity index (χ2n) is 5.17. The Morgan fingerprint density at radius 1 is 0.840 bits per heavy atom. The topological polar surface area (TPSA) is 52.6 Å². The smallest absolute Gasteiger partial charge is 0.310 e. The maximum Gasteiger partial charge on any atom is 0.310 e. The molecule has 0 aliphatic heterocycles. The number of carbonyl (C=O) groups is 2. The maximum absolute atomic E-state index is 11.0. The fourth-order valence-corrected chi connectivity index (χ4v) is 1.85. The molecule has 25 heavy (non-hydrogen) atoms. The van der Waals surface area contributed by atoms with E-state index in [1.54, 1.807) is 0 Å². The first kappa shape index (κ1) is 28.3. The molecule has 0 rings (SSSR count). The van der Waals surface area contributed by atoms with Crippen LogP contribution in [0.4, 0.5) is 0 Å². The molecule has 0 saturated heterocycles. The van der Waals surface area contributed by atoms with Gasteiger partial charge in [0.2, 0.25) is 0 Å². The number of rotatable bonds is 12. The number of halogens is 1. The van der Waals surface area contributed by atoms with Crippen LogP contribution in [0, 0.1) is 0 Å². The van der Waals surface area contributed by atoms with Gasteiger partial charge in [0.1, 0.15) is 0 Å². The molecular formula is C20H35ClO4. The average molecular weight is 375 g/mol. The zero-order valence-corrected chi connectivity index (χ0v) is 16.7. The Morgan fingerprint density at radius 3 is 1.56 bits per heavy atom. The van der Waals surface area contributed by atoms with E-state index < -0.39 is 0 Å².